The molecular weight excluding hydrogens is 250 g/mol. The van der Waals surface area contributed by atoms with Gasteiger partial charge in [-0.3, -0.25) is 14.9 Å². The van der Waals surface area contributed by atoms with Crippen molar-refractivity contribution in [2.75, 3.05) is 19.6 Å². The number of nitrogens with one attached hydrogen (secondary N) is 1. The zero-order valence-electron chi connectivity index (χ0n) is 10.1. The van der Waals surface area contributed by atoms with Gasteiger partial charge in [-0.15, -0.1) is 0 Å². The quantitative estimate of drug-likeness (QED) is 0.478. The van der Waals surface area contributed by atoms with E-state index in [0.29, 0.717) is 25.2 Å². The van der Waals surface area contributed by atoms with Gasteiger partial charge in [0.05, 0.1) is 11.0 Å². The van der Waals surface area contributed by atoms with E-state index in [2.05, 4.69) is 5.32 Å². The van der Waals surface area contributed by atoms with Crippen LogP contribution >= 0.6 is 0 Å². The van der Waals surface area contributed by atoms with Gasteiger partial charge in [0.1, 0.15) is 6.29 Å². The Morgan fingerprint density at radius 1 is 1.42 bits per heavy atom. The minimum absolute atomic E-state index is 0.0531. The maximum absolute atomic E-state index is 12.2. The van der Waals surface area contributed by atoms with Crippen LogP contribution in [0.1, 0.15) is 10.4 Å². The first-order chi connectivity index (χ1) is 9.11. The van der Waals surface area contributed by atoms with E-state index in [0.717, 1.165) is 6.29 Å². The Hall–Kier alpha value is -2.28. The third-order valence-corrected chi connectivity index (χ3v) is 2.98. The summed E-state index contributed by atoms with van der Waals surface area (Å²) in [7, 11) is 0. The molecule has 0 bridgehead atoms. The molecule has 0 aromatic heterocycles. The number of nitrogens with zero attached hydrogens (tertiary/aromatic N) is 2. The number of amides is 1. The second-order valence-electron chi connectivity index (χ2n) is 4.25. The molecule has 1 N–H and O–H groups in total. The second kappa shape index (κ2) is 5.57. The van der Waals surface area contributed by atoms with Crippen molar-refractivity contribution in [2.24, 2.45) is 0 Å². The van der Waals surface area contributed by atoms with Crippen LogP contribution in [0.15, 0.2) is 24.3 Å². The SMILES string of the molecule is O=CC1CN(C(=O)c2ccc([N+](=O)[O-])cc2)CCN1. The van der Waals surface area contributed by atoms with E-state index in [1.165, 1.54) is 24.3 Å². The molecule has 1 amide bonds. The van der Waals surface area contributed by atoms with E-state index in [-0.39, 0.29) is 17.6 Å². The highest BCUT2D eigenvalue weighted by molar-refractivity contribution is 5.94. The van der Waals surface area contributed by atoms with Gasteiger partial charge in [0.25, 0.3) is 11.6 Å². The van der Waals surface area contributed by atoms with Crippen molar-refractivity contribution in [1.82, 2.24) is 10.2 Å². The zero-order chi connectivity index (χ0) is 13.8. The topological polar surface area (TPSA) is 92.5 Å². The van der Waals surface area contributed by atoms with Crippen LogP contribution in [0.25, 0.3) is 0 Å². The molecule has 1 heterocycles. The molecule has 7 heteroatoms. The molecule has 0 radical (unpaired) electrons. The number of piperazine rings is 1. The lowest BCUT2D eigenvalue weighted by atomic mass is 10.1. The van der Waals surface area contributed by atoms with Crippen LogP contribution in [-0.4, -0.2) is 47.7 Å². The summed E-state index contributed by atoms with van der Waals surface area (Å²) in [6.07, 6.45) is 0.773. The van der Waals surface area contributed by atoms with Gasteiger partial charge in [-0.2, -0.15) is 0 Å². The Morgan fingerprint density at radius 2 is 2.11 bits per heavy atom. The number of benzene rings is 1. The zero-order valence-corrected chi connectivity index (χ0v) is 10.1. The van der Waals surface area contributed by atoms with Gasteiger partial charge in [0.2, 0.25) is 0 Å². The van der Waals surface area contributed by atoms with E-state index in [4.69, 9.17) is 0 Å². The summed E-state index contributed by atoms with van der Waals surface area (Å²) < 4.78 is 0. The van der Waals surface area contributed by atoms with Crippen LogP contribution in [0.2, 0.25) is 0 Å². The third kappa shape index (κ3) is 2.94. The number of nitro groups is 1. The van der Waals surface area contributed by atoms with Crippen molar-refractivity contribution in [1.29, 1.82) is 0 Å². The van der Waals surface area contributed by atoms with Crippen LogP contribution in [0, 0.1) is 10.1 Å². The molecule has 100 valence electrons. The van der Waals surface area contributed by atoms with Crippen molar-refractivity contribution in [3.05, 3.63) is 39.9 Å². The second-order valence-corrected chi connectivity index (χ2v) is 4.25. The first kappa shape index (κ1) is 13.2. The summed E-state index contributed by atoms with van der Waals surface area (Å²) in [5, 5.41) is 13.5. The van der Waals surface area contributed by atoms with Gasteiger partial charge < -0.3 is 15.0 Å². The van der Waals surface area contributed by atoms with Crippen molar-refractivity contribution in [3.8, 4) is 0 Å². The number of carbonyl (C=O) groups is 2. The Morgan fingerprint density at radius 3 is 2.68 bits per heavy atom. The van der Waals surface area contributed by atoms with Crippen molar-refractivity contribution < 1.29 is 14.5 Å². The fourth-order valence-electron chi connectivity index (χ4n) is 1.96. The molecule has 2 rings (SSSR count). The Bertz CT molecular complexity index is 500. The number of hydrogen-bond acceptors (Lipinski definition) is 5. The van der Waals surface area contributed by atoms with Gasteiger partial charge >= 0.3 is 0 Å². The summed E-state index contributed by atoms with van der Waals surface area (Å²) >= 11 is 0. The monoisotopic (exact) mass is 263 g/mol. The lowest BCUT2D eigenvalue weighted by Gasteiger charge is -2.31. The average Bonchev–Trinajstić information content (AvgIpc) is 2.46. The lowest BCUT2D eigenvalue weighted by molar-refractivity contribution is -0.384. The largest absolute Gasteiger partial charge is 0.335 e. The smallest absolute Gasteiger partial charge is 0.269 e. The third-order valence-electron chi connectivity index (χ3n) is 2.98. The summed E-state index contributed by atoms with van der Waals surface area (Å²) in [6, 6.07) is 5.10. The fourth-order valence-corrected chi connectivity index (χ4v) is 1.96. The molecule has 1 fully saturated rings. The van der Waals surface area contributed by atoms with Gasteiger partial charge in [-0.05, 0) is 12.1 Å². The van der Waals surface area contributed by atoms with Crippen LogP contribution in [0.5, 0.6) is 0 Å². The minimum Gasteiger partial charge on any atom is -0.335 e. The molecule has 0 saturated carbocycles. The van der Waals surface area contributed by atoms with E-state index in [9.17, 15) is 19.7 Å². The molecule has 1 unspecified atom stereocenters. The van der Waals surface area contributed by atoms with Crippen molar-refractivity contribution in [3.63, 3.8) is 0 Å². The summed E-state index contributed by atoms with van der Waals surface area (Å²) in [5.41, 5.74) is 0.333. The van der Waals surface area contributed by atoms with Gasteiger partial charge in [-0.1, -0.05) is 0 Å². The Balaban J connectivity index is 2.10. The predicted molar refractivity (Wildman–Crippen MR) is 66.9 cm³/mol. The van der Waals surface area contributed by atoms with Crippen LogP contribution < -0.4 is 5.32 Å². The summed E-state index contributed by atoms with van der Waals surface area (Å²) in [4.78, 5) is 34.4. The number of non-ortho nitro benzene ring substituents is 1. The summed E-state index contributed by atoms with van der Waals surface area (Å²) in [5.74, 6) is -0.219. The predicted octanol–water partition coefficient (Wildman–Crippen LogP) is 0.208. The highest BCUT2D eigenvalue weighted by Gasteiger charge is 2.23. The van der Waals surface area contributed by atoms with E-state index >= 15 is 0 Å². The Labute approximate surface area is 109 Å². The first-order valence-corrected chi connectivity index (χ1v) is 5.84. The molecule has 1 atom stereocenters. The molecular formula is C12H13N3O4. The van der Waals surface area contributed by atoms with E-state index in [1.54, 1.807) is 4.90 Å². The normalized spacial score (nSPS) is 18.9. The molecule has 0 spiro atoms. The lowest BCUT2D eigenvalue weighted by Crippen LogP contribution is -2.53. The summed E-state index contributed by atoms with van der Waals surface area (Å²) in [6.45, 7) is 1.39. The van der Waals surface area contributed by atoms with Crippen LogP contribution in [0.4, 0.5) is 5.69 Å². The van der Waals surface area contributed by atoms with Crippen LogP contribution in [-0.2, 0) is 4.79 Å². The van der Waals surface area contributed by atoms with Gasteiger partial charge in [0.15, 0.2) is 0 Å². The number of aldehydes is 1. The number of rotatable bonds is 3. The maximum atomic E-state index is 12.2. The molecule has 1 aliphatic heterocycles. The minimum atomic E-state index is -0.512. The molecule has 1 saturated heterocycles. The molecule has 1 aromatic carbocycles. The number of hydrogen-bond donors (Lipinski definition) is 1. The molecule has 19 heavy (non-hydrogen) atoms. The first-order valence-electron chi connectivity index (χ1n) is 5.84. The fraction of sp³-hybridized carbons (Fsp3) is 0.333. The van der Waals surface area contributed by atoms with Crippen LogP contribution in [0.3, 0.4) is 0 Å². The van der Waals surface area contributed by atoms with E-state index < -0.39 is 4.92 Å². The number of carbonyl (C=O) groups excluding carboxylic acids is 2. The molecule has 7 nitrogen and oxygen atoms in total. The standard InChI is InChI=1S/C12H13N3O4/c16-8-10-7-14(6-5-13-10)12(17)9-1-3-11(4-2-9)15(18)19/h1-4,8,10,13H,5-7H2. The Kier molecular flexibility index (Phi) is 3.86. The number of nitro benzene ring substituents is 1. The van der Waals surface area contributed by atoms with Gasteiger partial charge in [0, 0.05) is 37.3 Å². The molecule has 1 aromatic rings. The molecule has 0 aliphatic carbocycles. The van der Waals surface area contributed by atoms with Crippen molar-refractivity contribution in [2.45, 2.75) is 6.04 Å². The highest BCUT2D eigenvalue weighted by Crippen LogP contribution is 2.14. The average molecular weight is 263 g/mol. The van der Waals surface area contributed by atoms with Gasteiger partial charge in [-0.25, -0.2) is 0 Å². The van der Waals surface area contributed by atoms with Crippen molar-refractivity contribution >= 4 is 17.9 Å². The molecule has 1 aliphatic rings. The van der Waals surface area contributed by atoms with E-state index in [1.807, 2.05) is 0 Å². The highest BCUT2D eigenvalue weighted by atomic mass is 16.6. The maximum Gasteiger partial charge on any atom is 0.269 e.